The molecular weight excluding hydrogens is 359 g/mol. The summed E-state index contributed by atoms with van der Waals surface area (Å²) in [5.74, 6) is -0.528. The van der Waals surface area contributed by atoms with Gasteiger partial charge in [0.05, 0.1) is 5.92 Å². The number of rotatable bonds is 5. The summed E-state index contributed by atoms with van der Waals surface area (Å²) in [7, 11) is 3.91. The molecule has 2 aromatic rings. The molecule has 2 aromatic carbocycles. The van der Waals surface area contributed by atoms with Crippen molar-refractivity contribution in [1.29, 1.82) is 0 Å². The minimum atomic E-state index is -0.241. The van der Waals surface area contributed by atoms with Gasteiger partial charge in [-0.2, -0.15) is 0 Å². The molecule has 0 unspecified atom stereocenters. The van der Waals surface area contributed by atoms with Crippen LogP contribution in [0.1, 0.15) is 5.56 Å². The fourth-order valence-electron chi connectivity index (χ4n) is 3.66. The molecule has 0 aromatic heterocycles. The molecule has 1 N–H and O–H groups in total. The van der Waals surface area contributed by atoms with Crippen molar-refractivity contribution in [2.45, 2.75) is 12.6 Å². The van der Waals surface area contributed by atoms with Crippen molar-refractivity contribution in [2.24, 2.45) is 11.1 Å². The number of nitrogens with one attached hydrogen (secondary N) is 1. The number of halogens is 1. The van der Waals surface area contributed by atoms with E-state index in [0.717, 1.165) is 16.9 Å². The summed E-state index contributed by atoms with van der Waals surface area (Å²) in [4.78, 5) is 22.4. The Kier molecular flexibility index (Phi) is 5.00. The van der Waals surface area contributed by atoms with Gasteiger partial charge in [-0.15, -0.1) is 0 Å². The zero-order valence-electron chi connectivity index (χ0n) is 15.9. The molecule has 146 valence electrons. The molecule has 1 fully saturated rings. The summed E-state index contributed by atoms with van der Waals surface area (Å²) in [6.45, 7) is 2.07. The van der Waals surface area contributed by atoms with E-state index >= 15 is 0 Å². The second kappa shape index (κ2) is 7.59. The quantitative estimate of drug-likeness (QED) is 0.864. The third kappa shape index (κ3) is 3.84. The van der Waals surface area contributed by atoms with Crippen LogP contribution >= 0.6 is 0 Å². The Balaban J connectivity index is 1.39. The fourth-order valence-corrected chi connectivity index (χ4v) is 3.66. The average molecular weight is 382 g/mol. The van der Waals surface area contributed by atoms with Crippen molar-refractivity contribution < 1.29 is 14.0 Å². The Labute approximate surface area is 163 Å². The normalized spacial score (nSPS) is 21.0. The van der Waals surface area contributed by atoms with Crippen molar-refractivity contribution in [3.8, 4) is 0 Å². The van der Waals surface area contributed by atoms with Crippen LogP contribution in [0.25, 0.3) is 0 Å². The summed E-state index contributed by atoms with van der Waals surface area (Å²) in [6, 6.07) is 14.1. The highest BCUT2D eigenvalue weighted by Crippen LogP contribution is 2.29. The number of amides is 1. The Bertz CT molecular complexity index is 898. The molecule has 1 saturated heterocycles. The maximum Gasteiger partial charge on any atom is 0.273 e. The van der Waals surface area contributed by atoms with Gasteiger partial charge in [0.25, 0.3) is 5.91 Å². The first-order chi connectivity index (χ1) is 13.5. The summed E-state index contributed by atoms with van der Waals surface area (Å²) in [6.07, 6.45) is -0.116. The third-order valence-electron chi connectivity index (χ3n) is 5.15. The molecule has 0 saturated carbocycles. The van der Waals surface area contributed by atoms with E-state index in [1.54, 1.807) is 12.1 Å². The van der Waals surface area contributed by atoms with Gasteiger partial charge in [0.15, 0.2) is 5.71 Å². The van der Waals surface area contributed by atoms with Crippen LogP contribution in [0.5, 0.6) is 0 Å². The Hall–Kier alpha value is -2.93. The molecule has 0 aliphatic carbocycles. The largest absolute Gasteiger partial charge is 0.390 e. The predicted octanol–water partition coefficient (Wildman–Crippen LogP) is 2.72. The van der Waals surface area contributed by atoms with Gasteiger partial charge in [-0.05, 0) is 35.9 Å². The maximum absolute atomic E-state index is 13.1. The van der Waals surface area contributed by atoms with E-state index in [-0.39, 0.29) is 23.7 Å². The smallest absolute Gasteiger partial charge is 0.273 e. The number of carbonyl (C=O) groups is 1. The maximum atomic E-state index is 13.1. The molecule has 2 aliphatic heterocycles. The lowest BCUT2D eigenvalue weighted by molar-refractivity contribution is -0.110. The molecule has 7 heteroatoms. The Morgan fingerprint density at radius 1 is 1.25 bits per heavy atom. The second-order valence-corrected chi connectivity index (χ2v) is 7.45. The van der Waals surface area contributed by atoms with Crippen LogP contribution < -0.4 is 10.2 Å². The fraction of sp³-hybridized carbons (Fsp3) is 0.333. The second-order valence-electron chi connectivity index (χ2n) is 7.45. The topological polar surface area (TPSA) is 57.2 Å². The first-order valence-electron chi connectivity index (χ1n) is 9.29. The first kappa shape index (κ1) is 18.4. The molecule has 0 spiro atoms. The summed E-state index contributed by atoms with van der Waals surface area (Å²) < 4.78 is 13.1. The zero-order valence-corrected chi connectivity index (χ0v) is 15.9. The first-order valence-corrected chi connectivity index (χ1v) is 9.29. The van der Waals surface area contributed by atoms with Gasteiger partial charge in [-0.1, -0.05) is 23.4 Å². The molecule has 6 nitrogen and oxygen atoms in total. The van der Waals surface area contributed by atoms with Crippen LogP contribution in [0.15, 0.2) is 53.7 Å². The van der Waals surface area contributed by atoms with Gasteiger partial charge < -0.3 is 15.1 Å². The molecule has 4 rings (SSSR count). The molecule has 1 amide bonds. The van der Waals surface area contributed by atoms with Gasteiger partial charge in [0, 0.05) is 45.1 Å². The van der Waals surface area contributed by atoms with Crippen LogP contribution in [0, 0.1) is 11.7 Å². The number of hydrogen-bond donors (Lipinski definition) is 1. The monoisotopic (exact) mass is 382 g/mol. The molecule has 2 atom stereocenters. The Morgan fingerprint density at radius 3 is 2.79 bits per heavy atom. The van der Waals surface area contributed by atoms with Crippen molar-refractivity contribution in [3.63, 3.8) is 0 Å². The Morgan fingerprint density at radius 2 is 2.04 bits per heavy atom. The highest BCUT2D eigenvalue weighted by Gasteiger charge is 2.44. The lowest BCUT2D eigenvalue weighted by atomic mass is 10.0. The highest BCUT2D eigenvalue weighted by molar-refractivity contribution is 6.44. The number of likely N-dealkylation sites (tertiary alicyclic amines) is 1. The van der Waals surface area contributed by atoms with E-state index in [1.807, 2.05) is 43.3 Å². The minimum absolute atomic E-state index is 0.0579. The number of fused-ring (bicyclic) bond motifs is 1. The van der Waals surface area contributed by atoms with Crippen LogP contribution in [0.4, 0.5) is 15.8 Å². The molecule has 2 heterocycles. The lowest BCUT2D eigenvalue weighted by Gasteiger charge is -2.16. The molecule has 0 bridgehead atoms. The summed E-state index contributed by atoms with van der Waals surface area (Å²) in [5, 5.41) is 6.97. The van der Waals surface area contributed by atoms with E-state index < -0.39 is 0 Å². The number of carbonyl (C=O) groups excluding carboxylic acids is 1. The van der Waals surface area contributed by atoms with Crippen LogP contribution in [0.3, 0.4) is 0 Å². The molecular formula is C21H23FN4O2. The van der Waals surface area contributed by atoms with Crippen LogP contribution in [-0.2, 0) is 16.2 Å². The van der Waals surface area contributed by atoms with Gasteiger partial charge in [0.2, 0.25) is 0 Å². The summed E-state index contributed by atoms with van der Waals surface area (Å²) >= 11 is 0. The standard InChI is InChI=1S/C21H23FN4O2/c1-25(2)17-5-3-4-16(10-17)23-21(27)20-18-12-26(13-19(18)28-24-20)11-14-6-8-15(22)9-7-14/h3-10,18-19H,11-13H2,1-2H3,(H,23,27)/t18-,19+/m0/s1. The van der Waals surface area contributed by atoms with E-state index in [1.165, 1.54) is 12.1 Å². The molecule has 2 aliphatic rings. The zero-order chi connectivity index (χ0) is 19.7. The number of hydrogen-bond acceptors (Lipinski definition) is 5. The lowest BCUT2D eigenvalue weighted by Crippen LogP contribution is -2.32. The van der Waals surface area contributed by atoms with Crippen molar-refractivity contribution >= 4 is 23.0 Å². The van der Waals surface area contributed by atoms with Gasteiger partial charge >= 0.3 is 0 Å². The van der Waals surface area contributed by atoms with E-state index in [2.05, 4.69) is 15.4 Å². The number of benzene rings is 2. The van der Waals surface area contributed by atoms with Crippen molar-refractivity contribution in [2.75, 3.05) is 37.4 Å². The number of anilines is 2. The van der Waals surface area contributed by atoms with E-state index in [0.29, 0.717) is 25.3 Å². The molecule has 0 radical (unpaired) electrons. The van der Waals surface area contributed by atoms with Crippen LogP contribution in [-0.4, -0.2) is 49.8 Å². The van der Waals surface area contributed by atoms with Crippen molar-refractivity contribution in [1.82, 2.24) is 4.90 Å². The molecule has 28 heavy (non-hydrogen) atoms. The number of nitrogens with zero attached hydrogens (tertiary/aromatic N) is 3. The minimum Gasteiger partial charge on any atom is -0.390 e. The van der Waals surface area contributed by atoms with Gasteiger partial charge in [-0.25, -0.2) is 4.39 Å². The third-order valence-corrected chi connectivity index (χ3v) is 5.15. The predicted molar refractivity (Wildman–Crippen MR) is 107 cm³/mol. The van der Waals surface area contributed by atoms with Gasteiger partial charge in [0.1, 0.15) is 11.9 Å². The van der Waals surface area contributed by atoms with E-state index in [4.69, 9.17) is 4.84 Å². The van der Waals surface area contributed by atoms with Crippen molar-refractivity contribution in [3.05, 3.63) is 59.9 Å². The highest BCUT2D eigenvalue weighted by atomic mass is 19.1. The summed E-state index contributed by atoms with van der Waals surface area (Å²) in [5.41, 5.74) is 3.20. The SMILES string of the molecule is CN(C)c1cccc(NC(=O)C2=NO[C@@H]3CN(Cc4ccc(F)cc4)C[C@H]23)c1. The number of oxime groups is 1. The average Bonchev–Trinajstić information content (AvgIpc) is 3.24. The van der Waals surface area contributed by atoms with E-state index in [9.17, 15) is 9.18 Å². The van der Waals surface area contributed by atoms with Crippen LogP contribution in [0.2, 0.25) is 0 Å². The van der Waals surface area contributed by atoms with Gasteiger partial charge in [-0.3, -0.25) is 9.69 Å².